The molecule has 6 heteroatoms. The zero-order valence-electron chi connectivity index (χ0n) is 11.4. The number of rotatable bonds is 7. The summed E-state index contributed by atoms with van der Waals surface area (Å²) in [4.78, 5) is 0. The molecule has 19 heavy (non-hydrogen) atoms. The van der Waals surface area contributed by atoms with Gasteiger partial charge in [-0.05, 0) is 47.8 Å². The third-order valence-corrected chi connectivity index (χ3v) is 3.37. The van der Waals surface area contributed by atoms with Crippen LogP contribution in [0, 0.1) is 0 Å². The molecule has 0 fully saturated rings. The molecule has 0 aliphatic rings. The highest BCUT2D eigenvalue weighted by Crippen LogP contribution is 2.06. The largest absolute Gasteiger partial charge is 0.312 e. The molecule has 5 nitrogen and oxygen atoms in total. The molecule has 1 N–H and O–H groups in total. The molecular weight excluding hydrogens is 306 g/mol. The van der Waals surface area contributed by atoms with Gasteiger partial charge in [0.2, 0.25) is 0 Å². The first-order valence-corrected chi connectivity index (χ1v) is 7.31. The van der Waals surface area contributed by atoms with Gasteiger partial charge < -0.3 is 5.32 Å². The van der Waals surface area contributed by atoms with Gasteiger partial charge in [-0.15, -0.1) is 0 Å². The molecule has 2 heterocycles. The summed E-state index contributed by atoms with van der Waals surface area (Å²) in [7, 11) is 1.95. The minimum Gasteiger partial charge on any atom is -0.312 e. The van der Waals surface area contributed by atoms with E-state index in [0.29, 0.717) is 6.04 Å². The fraction of sp³-hybridized carbons (Fsp3) is 0.538. The summed E-state index contributed by atoms with van der Waals surface area (Å²) in [6.45, 7) is 4.08. The van der Waals surface area contributed by atoms with Crippen LogP contribution in [-0.2, 0) is 20.0 Å². The molecule has 0 amide bonds. The maximum Gasteiger partial charge on any atom is 0.0632 e. The maximum atomic E-state index is 4.25. The van der Waals surface area contributed by atoms with E-state index in [2.05, 4.69) is 44.6 Å². The Balaban J connectivity index is 1.62. The lowest BCUT2D eigenvalue weighted by molar-refractivity contribution is 0.448. The number of aromatic nitrogens is 4. The van der Waals surface area contributed by atoms with Crippen LogP contribution in [-0.4, -0.2) is 32.1 Å². The van der Waals surface area contributed by atoms with Gasteiger partial charge in [0.15, 0.2) is 0 Å². The van der Waals surface area contributed by atoms with E-state index < -0.39 is 0 Å². The predicted octanol–water partition coefficient (Wildman–Crippen LogP) is 1.99. The van der Waals surface area contributed by atoms with Gasteiger partial charge in [-0.25, -0.2) is 0 Å². The maximum absolute atomic E-state index is 4.25. The summed E-state index contributed by atoms with van der Waals surface area (Å²) in [5, 5.41) is 11.9. The molecular formula is C13H20BrN5. The topological polar surface area (TPSA) is 47.7 Å². The zero-order valence-corrected chi connectivity index (χ0v) is 13.0. The Kier molecular flexibility index (Phi) is 5.15. The highest BCUT2D eigenvalue weighted by Gasteiger charge is 2.03. The van der Waals surface area contributed by atoms with Crippen LogP contribution in [0.5, 0.6) is 0 Å². The molecule has 0 aromatic carbocycles. The molecule has 1 atom stereocenters. The summed E-state index contributed by atoms with van der Waals surface area (Å²) >= 11 is 3.40. The van der Waals surface area contributed by atoms with E-state index in [1.54, 1.807) is 0 Å². The van der Waals surface area contributed by atoms with Crippen LogP contribution in [0.4, 0.5) is 0 Å². The Bertz CT molecular complexity index is 505. The number of nitrogens with zero attached hydrogens (tertiary/aromatic N) is 4. The van der Waals surface area contributed by atoms with Gasteiger partial charge in [0.25, 0.3) is 0 Å². The molecule has 0 radical (unpaired) electrons. The molecule has 104 valence electrons. The van der Waals surface area contributed by atoms with Crippen LogP contribution in [0.2, 0.25) is 0 Å². The second-order valence-corrected chi connectivity index (χ2v) is 5.78. The van der Waals surface area contributed by atoms with Gasteiger partial charge in [0, 0.05) is 25.5 Å². The predicted molar refractivity (Wildman–Crippen MR) is 78.9 cm³/mol. The highest BCUT2D eigenvalue weighted by atomic mass is 79.9. The highest BCUT2D eigenvalue weighted by molar-refractivity contribution is 9.10. The van der Waals surface area contributed by atoms with E-state index in [1.165, 1.54) is 5.56 Å². The second-order valence-electron chi connectivity index (χ2n) is 4.86. The first-order valence-electron chi connectivity index (χ1n) is 6.52. The third-order valence-electron chi connectivity index (χ3n) is 2.96. The second kappa shape index (κ2) is 6.86. The van der Waals surface area contributed by atoms with Crippen molar-refractivity contribution in [2.45, 2.75) is 32.4 Å². The first-order chi connectivity index (χ1) is 9.13. The van der Waals surface area contributed by atoms with E-state index >= 15 is 0 Å². The van der Waals surface area contributed by atoms with Gasteiger partial charge in [-0.1, -0.05) is 0 Å². The van der Waals surface area contributed by atoms with Crippen molar-refractivity contribution in [3.63, 3.8) is 0 Å². The van der Waals surface area contributed by atoms with Crippen LogP contribution in [0.25, 0.3) is 0 Å². The van der Waals surface area contributed by atoms with E-state index in [1.807, 2.05) is 35.0 Å². The minimum absolute atomic E-state index is 0.417. The van der Waals surface area contributed by atoms with Gasteiger partial charge in [-0.2, -0.15) is 10.2 Å². The smallest absolute Gasteiger partial charge is 0.0632 e. The van der Waals surface area contributed by atoms with Gasteiger partial charge >= 0.3 is 0 Å². The Morgan fingerprint density at radius 2 is 2.16 bits per heavy atom. The van der Waals surface area contributed by atoms with Gasteiger partial charge in [0.05, 0.1) is 23.4 Å². The van der Waals surface area contributed by atoms with Crippen LogP contribution < -0.4 is 5.32 Å². The monoisotopic (exact) mass is 325 g/mol. The van der Waals surface area contributed by atoms with Crippen molar-refractivity contribution in [3.8, 4) is 0 Å². The number of hydrogen-bond donors (Lipinski definition) is 1. The fourth-order valence-corrected chi connectivity index (χ4v) is 2.35. The van der Waals surface area contributed by atoms with Crippen LogP contribution >= 0.6 is 15.9 Å². The molecule has 2 rings (SSSR count). The average molecular weight is 326 g/mol. The molecule has 2 aromatic rings. The summed E-state index contributed by atoms with van der Waals surface area (Å²) in [5.41, 5.74) is 1.30. The standard InChI is InChI=1S/C13H20BrN5/c1-11(8-19-10-13(14)7-17-19)15-5-3-4-12-6-16-18(2)9-12/h6-7,9-11,15H,3-5,8H2,1-2H3. The van der Waals surface area contributed by atoms with Crippen molar-refractivity contribution in [1.82, 2.24) is 24.9 Å². The van der Waals surface area contributed by atoms with E-state index in [0.717, 1.165) is 30.4 Å². The number of hydrogen-bond acceptors (Lipinski definition) is 3. The SMILES string of the molecule is CC(Cn1cc(Br)cn1)NCCCc1cnn(C)c1. The molecule has 0 bridgehead atoms. The average Bonchev–Trinajstić information content (AvgIpc) is 2.94. The summed E-state index contributed by atoms with van der Waals surface area (Å²) < 4.78 is 4.82. The number of halogens is 1. The molecule has 0 spiro atoms. The van der Waals surface area contributed by atoms with E-state index in [4.69, 9.17) is 0 Å². The van der Waals surface area contributed by atoms with Crippen molar-refractivity contribution < 1.29 is 0 Å². The Morgan fingerprint density at radius 3 is 2.79 bits per heavy atom. The lowest BCUT2D eigenvalue weighted by atomic mass is 10.2. The van der Waals surface area contributed by atoms with Gasteiger partial charge in [-0.3, -0.25) is 9.36 Å². The van der Waals surface area contributed by atoms with Crippen LogP contribution in [0.1, 0.15) is 18.9 Å². The normalized spacial score (nSPS) is 12.8. The van der Waals surface area contributed by atoms with Crippen molar-refractivity contribution in [1.29, 1.82) is 0 Å². The van der Waals surface area contributed by atoms with Crippen molar-refractivity contribution in [2.75, 3.05) is 6.54 Å². The van der Waals surface area contributed by atoms with E-state index in [-0.39, 0.29) is 0 Å². The quantitative estimate of drug-likeness (QED) is 0.792. The summed E-state index contributed by atoms with van der Waals surface area (Å²) in [5.74, 6) is 0. The molecule has 0 aliphatic carbocycles. The van der Waals surface area contributed by atoms with Crippen LogP contribution in [0.15, 0.2) is 29.3 Å². The molecule has 0 saturated heterocycles. The molecule has 0 aliphatic heterocycles. The molecule has 1 unspecified atom stereocenters. The summed E-state index contributed by atoms with van der Waals surface area (Å²) in [6, 6.07) is 0.417. The Hall–Kier alpha value is -1.14. The Labute approximate surface area is 122 Å². The van der Waals surface area contributed by atoms with Crippen molar-refractivity contribution >= 4 is 15.9 Å². The lowest BCUT2D eigenvalue weighted by Gasteiger charge is -2.13. The summed E-state index contributed by atoms with van der Waals surface area (Å²) in [6.07, 6.45) is 10.0. The number of nitrogens with one attached hydrogen (secondary N) is 1. The fourth-order valence-electron chi connectivity index (χ4n) is 2.03. The van der Waals surface area contributed by atoms with E-state index in [9.17, 15) is 0 Å². The molecule has 0 saturated carbocycles. The van der Waals surface area contributed by atoms with Crippen molar-refractivity contribution in [2.24, 2.45) is 7.05 Å². The van der Waals surface area contributed by atoms with Gasteiger partial charge in [0.1, 0.15) is 0 Å². The minimum atomic E-state index is 0.417. The first kappa shape index (κ1) is 14.3. The Morgan fingerprint density at radius 1 is 1.32 bits per heavy atom. The molecule has 2 aromatic heterocycles. The lowest BCUT2D eigenvalue weighted by Crippen LogP contribution is -2.31. The third kappa shape index (κ3) is 4.80. The van der Waals surface area contributed by atoms with Crippen molar-refractivity contribution in [3.05, 3.63) is 34.8 Å². The zero-order chi connectivity index (χ0) is 13.7. The van der Waals surface area contributed by atoms with Crippen LogP contribution in [0.3, 0.4) is 0 Å². The number of aryl methyl sites for hydroxylation is 2.